The number of para-hydroxylation sites is 1. The summed E-state index contributed by atoms with van der Waals surface area (Å²) in [6.45, 7) is 3.93. The van der Waals surface area contributed by atoms with Crippen molar-refractivity contribution in [2.75, 3.05) is 5.32 Å². The summed E-state index contributed by atoms with van der Waals surface area (Å²) < 4.78 is 0. The number of hydrogen-bond acceptors (Lipinski definition) is 2. The zero-order valence-corrected chi connectivity index (χ0v) is 12.1. The van der Waals surface area contributed by atoms with Crippen LogP contribution in [0.25, 0.3) is 6.08 Å². The van der Waals surface area contributed by atoms with Crippen LogP contribution in [0.2, 0.25) is 0 Å². The molecule has 21 heavy (non-hydrogen) atoms. The minimum atomic E-state index is -0.399. The molecule has 0 saturated carbocycles. The third-order valence-electron chi connectivity index (χ3n) is 3.13. The predicted molar refractivity (Wildman–Crippen MR) is 84.6 cm³/mol. The summed E-state index contributed by atoms with van der Waals surface area (Å²) in [7, 11) is 0. The lowest BCUT2D eigenvalue weighted by Crippen LogP contribution is -2.13. The van der Waals surface area contributed by atoms with E-state index in [2.05, 4.69) is 5.32 Å². The first-order valence-corrected chi connectivity index (χ1v) is 6.65. The number of carbonyl (C=O) groups is 1. The van der Waals surface area contributed by atoms with Crippen LogP contribution in [0.3, 0.4) is 0 Å². The fourth-order valence-electron chi connectivity index (χ4n) is 1.94. The SMILES string of the molecule is Cc1ccc(C)c(/C=C(\C#N)C(=O)Nc2ccccc2)c1. The van der Waals surface area contributed by atoms with Gasteiger partial charge in [0.2, 0.25) is 0 Å². The van der Waals surface area contributed by atoms with Gasteiger partial charge in [-0.05, 0) is 43.2 Å². The van der Waals surface area contributed by atoms with Crippen LogP contribution < -0.4 is 5.32 Å². The van der Waals surface area contributed by atoms with Crippen molar-refractivity contribution in [1.82, 2.24) is 0 Å². The first-order chi connectivity index (χ1) is 10.1. The van der Waals surface area contributed by atoms with E-state index in [1.807, 2.05) is 56.3 Å². The molecule has 0 aliphatic carbocycles. The molecule has 0 radical (unpaired) electrons. The molecule has 3 nitrogen and oxygen atoms in total. The molecule has 2 aromatic rings. The third-order valence-corrected chi connectivity index (χ3v) is 3.13. The normalized spacial score (nSPS) is 10.8. The molecule has 0 saturated heterocycles. The van der Waals surface area contributed by atoms with Crippen LogP contribution in [0.5, 0.6) is 0 Å². The standard InChI is InChI=1S/C18H16N2O/c1-13-8-9-14(2)15(10-13)11-16(12-19)18(21)20-17-6-4-3-5-7-17/h3-11H,1-2H3,(H,20,21)/b16-11+. The highest BCUT2D eigenvalue weighted by Crippen LogP contribution is 2.15. The highest BCUT2D eigenvalue weighted by molar-refractivity contribution is 6.09. The molecule has 0 aromatic heterocycles. The van der Waals surface area contributed by atoms with Crippen molar-refractivity contribution < 1.29 is 4.79 Å². The lowest BCUT2D eigenvalue weighted by atomic mass is 10.0. The quantitative estimate of drug-likeness (QED) is 0.684. The summed E-state index contributed by atoms with van der Waals surface area (Å²) in [5.74, 6) is -0.399. The van der Waals surface area contributed by atoms with Crippen LogP contribution in [-0.4, -0.2) is 5.91 Å². The van der Waals surface area contributed by atoms with Gasteiger partial charge in [-0.2, -0.15) is 5.26 Å². The number of aryl methyl sites for hydroxylation is 2. The Hall–Kier alpha value is -2.86. The maximum absolute atomic E-state index is 12.1. The van der Waals surface area contributed by atoms with E-state index >= 15 is 0 Å². The summed E-state index contributed by atoms with van der Waals surface area (Å²) in [5.41, 5.74) is 3.76. The van der Waals surface area contributed by atoms with Gasteiger partial charge in [-0.15, -0.1) is 0 Å². The fraction of sp³-hybridized carbons (Fsp3) is 0.111. The summed E-state index contributed by atoms with van der Waals surface area (Å²) in [6.07, 6.45) is 1.63. The summed E-state index contributed by atoms with van der Waals surface area (Å²) in [6, 6.07) is 17.0. The first-order valence-electron chi connectivity index (χ1n) is 6.65. The maximum Gasteiger partial charge on any atom is 0.266 e. The lowest BCUT2D eigenvalue weighted by Gasteiger charge is -2.05. The molecule has 0 atom stereocenters. The van der Waals surface area contributed by atoms with Gasteiger partial charge in [-0.1, -0.05) is 42.0 Å². The van der Waals surface area contributed by atoms with Crippen molar-refractivity contribution in [3.8, 4) is 6.07 Å². The van der Waals surface area contributed by atoms with Crippen LogP contribution in [0, 0.1) is 25.2 Å². The molecular weight excluding hydrogens is 260 g/mol. The van der Waals surface area contributed by atoms with E-state index in [0.29, 0.717) is 5.69 Å². The van der Waals surface area contributed by atoms with Gasteiger partial charge in [0.1, 0.15) is 11.6 Å². The molecule has 104 valence electrons. The molecule has 3 heteroatoms. The first kappa shape index (κ1) is 14.5. The molecule has 0 aliphatic heterocycles. The van der Waals surface area contributed by atoms with E-state index in [4.69, 9.17) is 0 Å². The molecule has 0 aliphatic rings. The Kier molecular flexibility index (Phi) is 4.53. The van der Waals surface area contributed by atoms with E-state index in [9.17, 15) is 10.1 Å². The zero-order chi connectivity index (χ0) is 15.2. The van der Waals surface area contributed by atoms with Crippen molar-refractivity contribution in [3.63, 3.8) is 0 Å². The van der Waals surface area contributed by atoms with E-state index in [-0.39, 0.29) is 5.57 Å². The highest BCUT2D eigenvalue weighted by atomic mass is 16.1. The molecule has 0 bridgehead atoms. The van der Waals surface area contributed by atoms with Gasteiger partial charge in [0.05, 0.1) is 0 Å². The molecular formula is C18H16N2O. The average Bonchev–Trinajstić information content (AvgIpc) is 2.49. The molecule has 1 N–H and O–H groups in total. The largest absolute Gasteiger partial charge is 0.321 e. The van der Waals surface area contributed by atoms with Gasteiger partial charge in [0.25, 0.3) is 5.91 Å². The molecule has 0 fully saturated rings. The zero-order valence-electron chi connectivity index (χ0n) is 12.1. The minimum Gasteiger partial charge on any atom is -0.321 e. The molecule has 0 heterocycles. The Morgan fingerprint density at radius 2 is 1.86 bits per heavy atom. The Labute approximate surface area is 124 Å². The van der Waals surface area contributed by atoms with Gasteiger partial charge < -0.3 is 5.32 Å². The van der Waals surface area contributed by atoms with Gasteiger partial charge in [-0.25, -0.2) is 0 Å². The molecule has 2 aromatic carbocycles. The Balaban J connectivity index is 2.27. The van der Waals surface area contributed by atoms with Gasteiger partial charge >= 0.3 is 0 Å². The van der Waals surface area contributed by atoms with Gasteiger partial charge in [0, 0.05) is 5.69 Å². The monoisotopic (exact) mass is 276 g/mol. The van der Waals surface area contributed by atoms with Crippen LogP contribution in [-0.2, 0) is 4.79 Å². The molecule has 0 spiro atoms. The summed E-state index contributed by atoms with van der Waals surface area (Å²) in [4.78, 5) is 12.1. The number of benzene rings is 2. The number of hydrogen-bond donors (Lipinski definition) is 1. The number of anilines is 1. The Morgan fingerprint density at radius 1 is 1.14 bits per heavy atom. The van der Waals surface area contributed by atoms with Crippen molar-refractivity contribution >= 4 is 17.7 Å². The van der Waals surface area contributed by atoms with Crippen molar-refractivity contribution in [2.24, 2.45) is 0 Å². The van der Waals surface area contributed by atoms with Gasteiger partial charge in [-0.3, -0.25) is 4.79 Å². The van der Waals surface area contributed by atoms with E-state index in [1.165, 1.54) is 0 Å². The Bertz CT molecular complexity index is 725. The van der Waals surface area contributed by atoms with Crippen LogP contribution in [0.4, 0.5) is 5.69 Å². The van der Waals surface area contributed by atoms with Gasteiger partial charge in [0.15, 0.2) is 0 Å². The topological polar surface area (TPSA) is 52.9 Å². The lowest BCUT2D eigenvalue weighted by molar-refractivity contribution is -0.112. The number of nitriles is 1. The summed E-state index contributed by atoms with van der Waals surface area (Å²) in [5, 5.41) is 11.9. The number of amides is 1. The van der Waals surface area contributed by atoms with Crippen molar-refractivity contribution in [3.05, 3.63) is 70.8 Å². The predicted octanol–water partition coefficient (Wildman–Crippen LogP) is 3.85. The number of rotatable bonds is 3. The molecule has 2 rings (SSSR count). The molecule has 0 unspecified atom stereocenters. The number of nitrogens with zero attached hydrogens (tertiary/aromatic N) is 1. The average molecular weight is 276 g/mol. The third kappa shape index (κ3) is 3.80. The highest BCUT2D eigenvalue weighted by Gasteiger charge is 2.10. The second-order valence-corrected chi connectivity index (χ2v) is 4.85. The Morgan fingerprint density at radius 3 is 2.52 bits per heavy atom. The summed E-state index contributed by atoms with van der Waals surface area (Å²) >= 11 is 0. The fourth-order valence-corrected chi connectivity index (χ4v) is 1.94. The second-order valence-electron chi connectivity index (χ2n) is 4.85. The maximum atomic E-state index is 12.1. The minimum absolute atomic E-state index is 0.0903. The van der Waals surface area contributed by atoms with Crippen molar-refractivity contribution in [1.29, 1.82) is 5.26 Å². The van der Waals surface area contributed by atoms with Crippen LogP contribution in [0.1, 0.15) is 16.7 Å². The number of carbonyl (C=O) groups excluding carboxylic acids is 1. The number of nitrogens with one attached hydrogen (secondary N) is 1. The van der Waals surface area contributed by atoms with Crippen molar-refractivity contribution in [2.45, 2.75) is 13.8 Å². The van der Waals surface area contributed by atoms with E-state index in [1.54, 1.807) is 18.2 Å². The smallest absolute Gasteiger partial charge is 0.266 e. The van der Waals surface area contributed by atoms with Crippen LogP contribution in [0.15, 0.2) is 54.1 Å². The second kappa shape index (κ2) is 6.53. The van der Waals surface area contributed by atoms with Crippen LogP contribution >= 0.6 is 0 Å². The van der Waals surface area contributed by atoms with E-state index < -0.39 is 5.91 Å². The molecule has 1 amide bonds. The van der Waals surface area contributed by atoms with E-state index in [0.717, 1.165) is 16.7 Å².